The highest BCUT2D eigenvalue weighted by atomic mass is 16.4. The van der Waals surface area contributed by atoms with Crippen LogP contribution in [0.4, 0.5) is 0 Å². The Labute approximate surface area is 80.5 Å². The van der Waals surface area contributed by atoms with Crippen LogP contribution in [0.3, 0.4) is 0 Å². The Kier molecular flexibility index (Phi) is 7.69. The first-order valence-electron chi connectivity index (χ1n) is 5.14. The standard InChI is InChI=1S/C10H21NO2/c1-3-4-5-6-7-8-11-9(2)10(12)13/h9,11H,3-8H2,1-2H3,(H,12,13)/t9-/m0/s1. The molecule has 78 valence electrons. The van der Waals surface area contributed by atoms with E-state index in [2.05, 4.69) is 12.2 Å². The molecule has 0 aromatic rings. The fourth-order valence-electron chi connectivity index (χ4n) is 1.13. The first-order chi connectivity index (χ1) is 6.18. The maximum Gasteiger partial charge on any atom is 0.320 e. The van der Waals surface area contributed by atoms with E-state index in [1.165, 1.54) is 25.7 Å². The van der Waals surface area contributed by atoms with Crippen LogP contribution in [0.25, 0.3) is 0 Å². The van der Waals surface area contributed by atoms with Crippen molar-refractivity contribution >= 4 is 5.97 Å². The van der Waals surface area contributed by atoms with Crippen molar-refractivity contribution in [3.8, 4) is 0 Å². The van der Waals surface area contributed by atoms with Crippen LogP contribution in [0.5, 0.6) is 0 Å². The van der Waals surface area contributed by atoms with Gasteiger partial charge >= 0.3 is 5.97 Å². The largest absolute Gasteiger partial charge is 0.480 e. The molecule has 0 aromatic carbocycles. The van der Waals surface area contributed by atoms with Crippen molar-refractivity contribution in [1.29, 1.82) is 0 Å². The molecule has 0 saturated carbocycles. The molecule has 0 radical (unpaired) electrons. The van der Waals surface area contributed by atoms with Gasteiger partial charge in [0.05, 0.1) is 0 Å². The minimum Gasteiger partial charge on any atom is -0.480 e. The normalized spacial score (nSPS) is 12.8. The molecular formula is C10H21NO2. The number of rotatable bonds is 8. The third kappa shape index (κ3) is 7.78. The second kappa shape index (κ2) is 8.05. The summed E-state index contributed by atoms with van der Waals surface area (Å²) in [6.45, 7) is 4.68. The van der Waals surface area contributed by atoms with E-state index in [4.69, 9.17) is 5.11 Å². The van der Waals surface area contributed by atoms with Crippen LogP contribution in [0, 0.1) is 0 Å². The quantitative estimate of drug-likeness (QED) is 0.571. The van der Waals surface area contributed by atoms with E-state index in [1.807, 2.05) is 0 Å². The fourth-order valence-corrected chi connectivity index (χ4v) is 1.13. The van der Waals surface area contributed by atoms with Crippen molar-refractivity contribution in [1.82, 2.24) is 5.32 Å². The Morgan fingerprint density at radius 1 is 1.31 bits per heavy atom. The van der Waals surface area contributed by atoms with Gasteiger partial charge in [-0.1, -0.05) is 32.6 Å². The van der Waals surface area contributed by atoms with E-state index in [-0.39, 0.29) is 0 Å². The summed E-state index contributed by atoms with van der Waals surface area (Å²) >= 11 is 0. The summed E-state index contributed by atoms with van der Waals surface area (Å²) < 4.78 is 0. The number of aliphatic carboxylic acids is 1. The zero-order valence-electron chi connectivity index (χ0n) is 8.68. The smallest absolute Gasteiger partial charge is 0.320 e. The molecule has 0 aliphatic heterocycles. The van der Waals surface area contributed by atoms with Crippen molar-refractivity contribution in [3.05, 3.63) is 0 Å². The first kappa shape index (κ1) is 12.4. The van der Waals surface area contributed by atoms with Crippen molar-refractivity contribution in [2.45, 2.75) is 52.0 Å². The summed E-state index contributed by atoms with van der Waals surface area (Å²) in [5.74, 6) is -0.770. The van der Waals surface area contributed by atoms with Gasteiger partial charge in [0.1, 0.15) is 6.04 Å². The molecule has 1 atom stereocenters. The predicted molar refractivity (Wildman–Crippen MR) is 53.9 cm³/mol. The van der Waals surface area contributed by atoms with E-state index in [0.29, 0.717) is 0 Å². The molecule has 0 aromatic heterocycles. The third-order valence-corrected chi connectivity index (χ3v) is 2.10. The topological polar surface area (TPSA) is 49.3 Å². The van der Waals surface area contributed by atoms with E-state index in [9.17, 15) is 4.79 Å². The number of hydrogen-bond acceptors (Lipinski definition) is 2. The van der Waals surface area contributed by atoms with Crippen LogP contribution in [0.2, 0.25) is 0 Å². The summed E-state index contributed by atoms with van der Waals surface area (Å²) in [5.41, 5.74) is 0. The molecule has 0 bridgehead atoms. The average molecular weight is 187 g/mol. The molecule has 0 saturated heterocycles. The Balaban J connectivity index is 3.11. The van der Waals surface area contributed by atoms with Crippen LogP contribution >= 0.6 is 0 Å². The van der Waals surface area contributed by atoms with Crippen molar-refractivity contribution in [3.63, 3.8) is 0 Å². The molecule has 0 spiro atoms. The van der Waals surface area contributed by atoms with Gasteiger partial charge in [0.15, 0.2) is 0 Å². The van der Waals surface area contributed by atoms with Gasteiger partial charge in [0.25, 0.3) is 0 Å². The van der Waals surface area contributed by atoms with Crippen LogP contribution in [0.15, 0.2) is 0 Å². The molecule has 0 fully saturated rings. The van der Waals surface area contributed by atoms with E-state index < -0.39 is 12.0 Å². The van der Waals surface area contributed by atoms with Crippen LogP contribution in [0.1, 0.15) is 46.0 Å². The zero-order valence-corrected chi connectivity index (χ0v) is 8.68. The Morgan fingerprint density at radius 2 is 1.92 bits per heavy atom. The highest BCUT2D eigenvalue weighted by molar-refractivity contribution is 5.72. The highest BCUT2D eigenvalue weighted by Crippen LogP contribution is 2.01. The summed E-state index contributed by atoms with van der Waals surface area (Å²) in [6.07, 6.45) is 6.08. The molecule has 0 amide bonds. The number of carboxylic acid groups (broad SMARTS) is 1. The lowest BCUT2D eigenvalue weighted by atomic mass is 10.1. The molecule has 0 heterocycles. The van der Waals surface area contributed by atoms with Gasteiger partial charge in [0, 0.05) is 0 Å². The summed E-state index contributed by atoms with van der Waals surface area (Å²) in [7, 11) is 0. The summed E-state index contributed by atoms with van der Waals surface area (Å²) in [5, 5.41) is 11.5. The predicted octanol–water partition coefficient (Wildman–Crippen LogP) is 2.02. The molecule has 3 nitrogen and oxygen atoms in total. The average Bonchev–Trinajstić information content (AvgIpc) is 2.10. The van der Waals surface area contributed by atoms with Crippen molar-refractivity contribution in [2.75, 3.05) is 6.54 Å². The Hall–Kier alpha value is -0.570. The molecule has 0 aliphatic carbocycles. The molecular weight excluding hydrogens is 166 g/mol. The van der Waals surface area contributed by atoms with Gasteiger partial charge in [0.2, 0.25) is 0 Å². The number of hydrogen-bond donors (Lipinski definition) is 2. The molecule has 3 heteroatoms. The maximum absolute atomic E-state index is 10.4. The first-order valence-corrected chi connectivity index (χ1v) is 5.14. The lowest BCUT2D eigenvalue weighted by Gasteiger charge is -2.08. The molecule has 2 N–H and O–H groups in total. The lowest BCUT2D eigenvalue weighted by molar-refractivity contribution is -0.138. The van der Waals surface area contributed by atoms with E-state index in [0.717, 1.165) is 13.0 Å². The van der Waals surface area contributed by atoms with Gasteiger partial charge in [-0.05, 0) is 19.9 Å². The zero-order chi connectivity index (χ0) is 10.1. The second-order valence-electron chi connectivity index (χ2n) is 3.43. The Morgan fingerprint density at radius 3 is 2.46 bits per heavy atom. The second-order valence-corrected chi connectivity index (χ2v) is 3.43. The monoisotopic (exact) mass is 187 g/mol. The fraction of sp³-hybridized carbons (Fsp3) is 0.900. The number of carbonyl (C=O) groups is 1. The van der Waals surface area contributed by atoms with Gasteiger partial charge in [-0.15, -0.1) is 0 Å². The maximum atomic E-state index is 10.4. The number of carboxylic acids is 1. The molecule has 0 aliphatic rings. The lowest BCUT2D eigenvalue weighted by Crippen LogP contribution is -2.34. The van der Waals surface area contributed by atoms with Crippen LogP contribution in [-0.2, 0) is 4.79 Å². The highest BCUT2D eigenvalue weighted by Gasteiger charge is 2.07. The minimum absolute atomic E-state index is 0.411. The van der Waals surface area contributed by atoms with Crippen LogP contribution in [-0.4, -0.2) is 23.7 Å². The molecule has 0 unspecified atom stereocenters. The van der Waals surface area contributed by atoms with Gasteiger partial charge in [-0.2, -0.15) is 0 Å². The number of nitrogens with one attached hydrogen (secondary N) is 1. The van der Waals surface area contributed by atoms with E-state index >= 15 is 0 Å². The molecule has 0 rings (SSSR count). The number of unbranched alkanes of at least 4 members (excludes halogenated alkanes) is 4. The molecule has 13 heavy (non-hydrogen) atoms. The minimum atomic E-state index is -0.770. The summed E-state index contributed by atoms with van der Waals surface area (Å²) in [4.78, 5) is 10.4. The Bertz CT molecular complexity index is 137. The van der Waals surface area contributed by atoms with Gasteiger partial charge in [-0.25, -0.2) is 0 Å². The van der Waals surface area contributed by atoms with Gasteiger partial charge in [-0.3, -0.25) is 4.79 Å². The SMILES string of the molecule is CCCCCCCN[C@@H](C)C(=O)O. The van der Waals surface area contributed by atoms with Gasteiger partial charge < -0.3 is 10.4 Å². The van der Waals surface area contributed by atoms with E-state index in [1.54, 1.807) is 6.92 Å². The third-order valence-electron chi connectivity index (χ3n) is 2.10. The van der Waals surface area contributed by atoms with Crippen molar-refractivity contribution in [2.24, 2.45) is 0 Å². The van der Waals surface area contributed by atoms with Crippen LogP contribution < -0.4 is 5.32 Å². The summed E-state index contributed by atoms with van der Waals surface area (Å²) in [6, 6.07) is -0.411. The van der Waals surface area contributed by atoms with Crippen molar-refractivity contribution < 1.29 is 9.90 Å².